The molecule has 24 heavy (non-hydrogen) atoms. The van der Waals surface area contributed by atoms with E-state index in [0.717, 1.165) is 43.1 Å². The first-order valence-electron chi connectivity index (χ1n) is 8.12. The number of aromatic amines is 1. The Labute approximate surface area is 138 Å². The van der Waals surface area contributed by atoms with Crippen LogP contribution in [0, 0.1) is 6.92 Å². The highest BCUT2D eigenvalue weighted by molar-refractivity contribution is 5.50. The third-order valence-electron chi connectivity index (χ3n) is 4.35. The molecule has 1 aromatic carbocycles. The summed E-state index contributed by atoms with van der Waals surface area (Å²) in [5, 5.41) is 6.37. The largest absolute Gasteiger partial charge is 0.490 e. The SMILES string of the molecule is Cc1cn2c(=O)[nH]nc2nc1N1CCC(Oc2ccccc2)CC1. The van der Waals surface area contributed by atoms with E-state index in [1.54, 1.807) is 6.20 Å². The number of H-pyrrole nitrogens is 1. The van der Waals surface area contributed by atoms with Crippen molar-refractivity contribution in [3.05, 3.63) is 52.6 Å². The number of aromatic nitrogens is 4. The van der Waals surface area contributed by atoms with Gasteiger partial charge in [-0.05, 0) is 19.1 Å². The lowest BCUT2D eigenvalue weighted by molar-refractivity contribution is 0.170. The summed E-state index contributed by atoms with van der Waals surface area (Å²) >= 11 is 0. The number of piperidine rings is 1. The Bertz CT molecular complexity index is 894. The molecule has 7 heteroatoms. The van der Waals surface area contributed by atoms with Gasteiger partial charge in [-0.1, -0.05) is 18.2 Å². The van der Waals surface area contributed by atoms with Gasteiger partial charge in [0.2, 0.25) is 0 Å². The van der Waals surface area contributed by atoms with Gasteiger partial charge in [0.25, 0.3) is 5.78 Å². The maximum atomic E-state index is 11.6. The second-order valence-electron chi connectivity index (χ2n) is 6.06. The van der Waals surface area contributed by atoms with E-state index in [-0.39, 0.29) is 11.8 Å². The first-order valence-corrected chi connectivity index (χ1v) is 8.12. The molecule has 0 bridgehead atoms. The summed E-state index contributed by atoms with van der Waals surface area (Å²) in [6.45, 7) is 3.71. The van der Waals surface area contributed by atoms with Crippen LogP contribution in [0.2, 0.25) is 0 Å². The van der Waals surface area contributed by atoms with Crippen molar-refractivity contribution in [1.29, 1.82) is 0 Å². The van der Waals surface area contributed by atoms with E-state index in [4.69, 9.17) is 4.74 Å². The van der Waals surface area contributed by atoms with Gasteiger partial charge < -0.3 is 9.64 Å². The number of nitrogens with one attached hydrogen (secondary N) is 1. The van der Waals surface area contributed by atoms with Crippen LogP contribution in [-0.2, 0) is 0 Å². The maximum absolute atomic E-state index is 11.6. The van der Waals surface area contributed by atoms with Crippen molar-refractivity contribution in [2.24, 2.45) is 0 Å². The van der Waals surface area contributed by atoms with Crippen LogP contribution in [0.25, 0.3) is 5.78 Å². The van der Waals surface area contributed by atoms with Crippen molar-refractivity contribution >= 4 is 11.6 Å². The average molecular weight is 325 g/mol. The monoisotopic (exact) mass is 325 g/mol. The number of fused-ring (bicyclic) bond motifs is 1. The number of anilines is 1. The zero-order valence-corrected chi connectivity index (χ0v) is 13.5. The summed E-state index contributed by atoms with van der Waals surface area (Å²) in [6, 6.07) is 9.93. The molecule has 0 unspecified atom stereocenters. The predicted octanol–water partition coefficient (Wildman–Crippen LogP) is 1.77. The topological polar surface area (TPSA) is 75.5 Å². The van der Waals surface area contributed by atoms with E-state index in [1.807, 2.05) is 37.3 Å². The van der Waals surface area contributed by atoms with Crippen LogP contribution < -0.4 is 15.3 Å². The van der Waals surface area contributed by atoms with Crippen molar-refractivity contribution in [2.45, 2.75) is 25.9 Å². The Morgan fingerprint density at radius 1 is 1.21 bits per heavy atom. The normalized spacial score (nSPS) is 15.8. The van der Waals surface area contributed by atoms with E-state index in [1.165, 1.54) is 4.40 Å². The van der Waals surface area contributed by atoms with Crippen LogP contribution in [-0.4, -0.2) is 38.8 Å². The minimum atomic E-state index is -0.262. The molecule has 3 aromatic rings. The predicted molar refractivity (Wildman–Crippen MR) is 90.6 cm³/mol. The van der Waals surface area contributed by atoms with E-state index >= 15 is 0 Å². The first-order chi connectivity index (χ1) is 11.7. The Kier molecular flexibility index (Phi) is 3.68. The van der Waals surface area contributed by atoms with Crippen molar-refractivity contribution in [3.63, 3.8) is 0 Å². The Morgan fingerprint density at radius 3 is 2.71 bits per heavy atom. The Hall–Kier alpha value is -2.83. The second-order valence-corrected chi connectivity index (χ2v) is 6.06. The molecular weight excluding hydrogens is 306 g/mol. The summed E-state index contributed by atoms with van der Waals surface area (Å²) in [5.41, 5.74) is 0.704. The smallest absolute Gasteiger partial charge is 0.348 e. The van der Waals surface area contributed by atoms with Crippen molar-refractivity contribution in [1.82, 2.24) is 19.6 Å². The Balaban J connectivity index is 1.47. The molecule has 1 aliphatic heterocycles. The molecule has 1 fully saturated rings. The quantitative estimate of drug-likeness (QED) is 0.794. The molecule has 4 rings (SSSR count). The highest BCUT2D eigenvalue weighted by Gasteiger charge is 2.23. The van der Waals surface area contributed by atoms with Gasteiger partial charge in [-0.25, -0.2) is 14.3 Å². The number of nitrogens with zero attached hydrogens (tertiary/aromatic N) is 4. The van der Waals surface area contributed by atoms with Gasteiger partial charge in [-0.3, -0.25) is 0 Å². The van der Waals surface area contributed by atoms with Gasteiger partial charge in [0.05, 0.1) is 0 Å². The number of ether oxygens (including phenoxy) is 1. The van der Waals surface area contributed by atoms with Gasteiger partial charge in [0.1, 0.15) is 17.7 Å². The molecule has 124 valence electrons. The Morgan fingerprint density at radius 2 is 1.96 bits per heavy atom. The van der Waals surface area contributed by atoms with E-state index in [9.17, 15) is 4.79 Å². The van der Waals surface area contributed by atoms with Crippen LogP contribution in [0.15, 0.2) is 41.3 Å². The molecule has 0 radical (unpaired) electrons. The fraction of sp³-hybridized carbons (Fsp3) is 0.353. The number of benzene rings is 1. The lowest BCUT2D eigenvalue weighted by Crippen LogP contribution is -2.39. The van der Waals surface area contributed by atoms with E-state index in [2.05, 4.69) is 20.1 Å². The second kappa shape index (κ2) is 5.99. The molecule has 0 spiro atoms. The molecule has 0 atom stereocenters. The van der Waals surface area contributed by atoms with Gasteiger partial charge in [0, 0.05) is 37.7 Å². The molecule has 1 aliphatic rings. The summed E-state index contributed by atoms with van der Waals surface area (Å²) in [7, 11) is 0. The number of hydrogen-bond acceptors (Lipinski definition) is 5. The molecule has 0 aliphatic carbocycles. The minimum Gasteiger partial charge on any atom is -0.490 e. The van der Waals surface area contributed by atoms with Crippen molar-refractivity contribution in [2.75, 3.05) is 18.0 Å². The van der Waals surface area contributed by atoms with Gasteiger partial charge in [-0.2, -0.15) is 4.98 Å². The molecule has 2 aromatic heterocycles. The summed E-state index contributed by atoms with van der Waals surface area (Å²) < 4.78 is 7.47. The zero-order valence-electron chi connectivity index (χ0n) is 13.5. The van der Waals surface area contributed by atoms with Gasteiger partial charge >= 0.3 is 5.69 Å². The van der Waals surface area contributed by atoms with Gasteiger partial charge in [0.15, 0.2) is 0 Å². The number of rotatable bonds is 3. The molecule has 1 saturated heterocycles. The summed E-state index contributed by atoms with van der Waals surface area (Å²) in [6.07, 6.45) is 3.89. The molecule has 3 heterocycles. The molecule has 0 amide bonds. The van der Waals surface area contributed by atoms with Crippen molar-refractivity contribution < 1.29 is 4.74 Å². The number of hydrogen-bond donors (Lipinski definition) is 1. The summed E-state index contributed by atoms with van der Waals surface area (Å²) in [4.78, 5) is 18.4. The maximum Gasteiger partial charge on any atom is 0.348 e. The van der Waals surface area contributed by atoms with Gasteiger partial charge in [-0.15, -0.1) is 5.10 Å². The molecular formula is C17H19N5O2. The van der Waals surface area contributed by atoms with Crippen LogP contribution in [0.4, 0.5) is 5.82 Å². The van der Waals surface area contributed by atoms with Crippen LogP contribution in [0.1, 0.15) is 18.4 Å². The first kappa shape index (κ1) is 14.7. The van der Waals surface area contributed by atoms with Crippen LogP contribution in [0.5, 0.6) is 5.75 Å². The standard InChI is InChI=1S/C17H19N5O2/c1-12-11-22-16(19-20-17(22)23)18-15(12)21-9-7-14(8-10-21)24-13-5-3-2-4-6-13/h2-6,11,14H,7-10H2,1H3,(H,20,23). The minimum absolute atomic E-state index is 0.223. The van der Waals surface area contributed by atoms with Crippen molar-refractivity contribution in [3.8, 4) is 5.75 Å². The van der Waals surface area contributed by atoms with Crippen LogP contribution in [0.3, 0.4) is 0 Å². The number of para-hydroxylation sites is 1. The molecule has 0 saturated carbocycles. The molecule has 7 nitrogen and oxygen atoms in total. The van der Waals surface area contributed by atoms with Crippen LogP contribution >= 0.6 is 0 Å². The highest BCUT2D eigenvalue weighted by atomic mass is 16.5. The third kappa shape index (κ3) is 2.73. The fourth-order valence-electron chi connectivity index (χ4n) is 3.12. The lowest BCUT2D eigenvalue weighted by atomic mass is 10.1. The third-order valence-corrected chi connectivity index (χ3v) is 4.35. The highest BCUT2D eigenvalue weighted by Crippen LogP contribution is 2.24. The zero-order chi connectivity index (χ0) is 16.5. The van der Waals surface area contributed by atoms with E-state index < -0.39 is 0 Å². The summed E-state index contributed by atoms with van der Waals surface area (Å²) in [5.74, 6) is 2.21. The number of aryl methyl sites for hydroxylation is 1. The molecule has 1 N–H and O–H groups in total. The fourth-order valence-corrected chi connectivity index (χ4v) is 3.12. The average Bonchev–Trinajstić information content (AvgIpc) is 2.96. The van der Waals surface area contributed by atoms with E-state index in [0.29, 0.717) is 5.78 Å². The lowest BCUT2D eigenvalue weighted by Gasteiger charge is -2.33.